The number of hydrogen-bond acceptors (Lipinski definition) is 4. The molecule has 0 bridgehead atoms. The van der Waals surface area contributed by atoms with E-state index >= 15 is 0 Å². The molecule has 0 unspecified atom stereocenters. The van der Waals surface area contributed by atoms with Crippen molar-refractivity contribution in [3.63, 3.8) is 0 Å². The first-order valence-electron chi connectivity index (χ1n) is 8.17. The van der Waals surface area contributed by atoms with Crippen LogP contribution in [0.25, 0.3) is 0 Å². The van der Waals surface area contributed by atoms with Crippen LogP contribution < -0.4 is 19.5 Å². The summed E-state index contributed by atoms with van der Waals surface area (Å²) < 4.78 is 29.7. The minimum Gasteiger partial charge on any atom is -0.494 e. The molecular formula is C19H20FNO4. The van der Waals surface area contributed by atoms with Crippen molar-refractivity contribution < 1.29 is 23.4 Å². The van der Waals surface area contributed by atoms with E-state index in [0.29, 0.717) is 36.8 Å². The second kappa shape index (κ2) is 7.88. The van der Waals surface area contributed by atoms with E-state index < -0.39 is 5.82 Å². The number of hydrogen-bond donors (Lipinski definition) is 1. The number of ether oxygens (including phenoxy) is 3. The van der Waals surface area contributed by atoms with Crippen molar-refractivity contribution in [2.45, 2.75) is 19.3 Å². The molecule has 0 fully saturated rings. The summed E-state index contributed by atoms with van der Waals surface area (Å²) >= 11 is 0. The highest BCUT2D eigenvalue weighted by Crippen LogP contribution is 2.32. The lowest BCUT2D eigenvalue weighted by Crippen LogP contribution is -2.12. The van der Waals surface area contributed by atoms with Crippen LogP contribution in [0.15, 0.2) is 36.4 Å². The molecule has 0 spiro atoms. The van der Waals surface area contributed by atoms with Gasteiger partial charge in [-0.25, -0.2) is 4.39 Å². The number of nitrogens with one attached hydrogen (secondary N) is 1. The summed E-state index contributed by atoms with van der Waals surface area (Å²) in [7, 11) is 1.42. The second-order valence-corrected chi connectivity index (χ2v) is 5.73. The van der Waals surface area contributed by atoms with Gasteiger partial charge in [0.05, 0.1) is 20.3 Å². The number of anilines is 1. The van der Waals surface area contributed by atoms with Gasteiger partial charge in [-0.2, -0.15) is 0 Å². The number of carbonyl (C=O) groups is 1. The van der Waals surface area contributed by atoms with Crippen molar-refractivity contribution in [1.29, 1.82) is 0 Å². The van der Waals surface area contributed by atoms with Gasteiger partial charge < -0.3 is 19.5 Å². The molecule has 1 aliphatic rings. The largest absolute Gasteiger partial charge is 0.494 e. The number of methoxy groups -OCH3 is 1. The van der Waals surface area contributed by atoms with Crippen LogP contribution in [0.5, 0.6) is 17.2 Å². The van der Waals surface area contributed by atoms with Gasteiger partial charge >= 0.3 is 0 Å². The maximum absolute atomic E-state index is 13.7. The molecule has 0 aliphatic carbocycles. The molecule has 0 saturated heterocycles. The third-order valence-corrected chi connectivity index (χ3v) is 3.89. The Kier molecular flexibility index (Phi) is 5.38. The van der Waals surface area contributed by atoms with E-state index in [2.05, 4.69) is 5.32 Å². The van der Waals surface area contributed by atoms with Gasteiger partial charge in [0.1, 0.15) is 0 Å². The van der Waals surface area contributed by atoms with Crippen LogP contribution in [0.4, 0.5) is 10.1 Å². The lowest BCUT2D eigenvalue weighted by Gasteiger charge is -2.10. The zero-order chi connectivity index (χ0) is 17.6. The van der Waals surface area contributed by atoms with Gasteiger partial charge in [-0.05, 0) is 36.2 Å². The Balaban J connectivity index is 1.57. The highest BCUT2D eigenvalue weighted by atomic mass is 19.1. The fraction of sp³-hybridized carbons (Fsp3) is 0.316. The molecule has 3 rings (SSSR count). The molecule has 132 valence electrons. The summed E-state index contributed by atoms with van der Waals surface area (Å²) in [6, 6.07) is 10.0. The average Bonchev–Trinajstić information content (AvgIpc) is 2.85. The Morgan fingerprint density at radius 2 is 1.96 bits per heavy atom. The fourth-order valence-corrected chi connectivity index (χ4v) is 2.59. The van der Waals surface area contributed by atoms with E-state index in [1.165, 1.54) is 13.2 Å². The Morgan fingerprint density at radius 3 is 2.72 bits per heavy atom. The predicted octanol–water partition coefficient (Wildman–Crippen LogP) is 3.57. The maximum atomic E-state index is 13.7. The van der Waals surface area contributed by atoms with E-state index in [1.807, 2.05) is 0 Å². The molecule has 0 atom stereocenters. The fourth-order valence-electron chi connectivity index (χ4n) is 2.59. The van der Waals surface area contributed by atoms with Crippen LogP contribution >= 0.6 is 0 Å². The number of halogens is 1. The standard InChI is InChI=1S/C19H20FNO4/c1-23-16-6-3-13(11-15(16)20)4-8-19(22)21-14-5-7-17-18(12-14)25-10-2-9-24-17/h3,5-7,11-12H,2,4,8-10H2,1H3,(H,21,22). The van der Waals surface area contributed by atoms with Crippen LogP contribution in [-0.4, -0.2) is 26.2 Å². The van der Waals surface area contributed by atoms with E-state index in [-0.39, 0.29) is 18.1 Å². The summed E-state index contributed by atoms with van der Waals surface area (Å²) in [5.41, 5.74) is 1.39. The number of aryl methyl sites for hydroxylation is 1. The van der Waals surface area contributed by atoms with Crippen LogP contribution in [0, 0.1) is 5.82 Å². The lowest BCUT2D eigenvalue weighted by molar-refractivity contribution is -0.116. The van der Waals surface area contributed by atoms with Crippen LogP contribution in [0.3, 0.4) is 0 Å². The van der Waals surface area contributed by atoms with Gasteiger partial charge in [-0.1, -0.05) is 6.07 Å². The second-order valence-electron chi connectivity index (χ2n) is 5.73. The van der Waals surface area contributed by atoms with Crippen LogP contribution in [0.2, 0.25) is 0 Å². The first-order chi connectivity index (χ1) is 12.2. The van der Waals surface area contributed by atoms with Crippen LogP contribution in [0.1, 0.15) is 18.4 Å². The van der Waals surface area contributed by atoms with Gasteiger partial charge in [0.2, 0.25) is 5.91 Å². The summed E-state index contributed by atoms with van der Waals surface area (Å²) in [6.07, 6.45) is 1.52. The number of rotatable bonds is 5. The molecule has 1 aliphatic heterocycles. The molecule has 25 heavy (non-hydrogen) atoms. The van der Waals surface area contributed by atoms with Crippen molar-refractivity contribution in [2.24, 2.45) is 0 Å². The van der Waals surface area contributed by atoms with Gasteiger partial charge in [0.25, 0.3) is 0 Å². The summed E-state index contributed by atoms with van der Waals surface area (Å²) in [6.45, 7) is 1.21. The Labute approximate surface area is 145 Å². The smallest absolute Gasteiger partial charge is 0.224 e. The number of carbonyl (C=O) groups excluding carboxylic acids is 1. The molecule has 5 nitrogen and oxygen atoms in total. The van der Waals surface area contributed by atoms with Crippen molar-refractivity contribution in [1.82, 2.24) is 0 Å². The highest BCUT2D eigenvalue weighted by Gasteiger charge is 2.12. The van der Waals surface area contributed by atoms with Gasteiger partial charge in [-0.15, -0.1) is 0 Å². The van der Waals surface area contributed by atoms with E-state index in [4.69, 9.17) is 14.2 Å². The Bertz CT molecular complexity index is 763. The van der Waals surface area contributed by atoms with E-state index in [9.17, 15) is 9.18 Å². The Hall–Kier alpha value is -2.76. The molecular weight excluding hydrogens is 325 g/mol. The average molecular weight is 345 g/mol. The molecule has 1 heterocycles. The minimum absolute atomic E-state index is 0.147. The topological polar surface area (TPSA) is 56.8 Å². The minimum atomic E-state index is -0.427. The monoisotopic (exact) mass is 345 g/mol. The molecule has 2 aromatic rings. The molecule has 1 N–H and O–H groups in total. The molecule has 2 aromatic carbocycles. The zero-order valence-electron chi connectivity index (χ0n) is 14.0. The van der Waals surface area contributed by atoms with Crippen molar-refractivity contribution in [3.05, 3.63) is 47.8 Å². The van der Waals surface area contributed by atoms with Crippen molar-refractivity contribution >= 4 is 11.6 Å². The first-order valence-corrected chi connectivity index (χ1v) is 8.17. The van der Waals surface area contributed by atoms with Gasteiger partial charge in [0, 0.05) is 24.6 Å². The quantitative estimate of drug-likeness (QED) is 0.900. The third kappa shape index (κ3) is 4.41. The summed E-state index contributed by atoms with van der Waals surface area (Å²) in [5.74, 6) is 0.936. The highest BCUT2D eigenvalue weighted by molar-refractivity contribution is 5.91. The Morgan fingerprint density at radius 1 is 1.16 bits per heavy atom. The third-order valence-electron chi connectivity index (χ3n) is 3.89. The molecule has 0 saturated carbocycles. The van der Waals surface area contributed by atoms with E-state index in [1.54, 1.807) is 30.3 Å². The zero-order valence-corrected chi connectivity index (χ0v) is 14.0. The SMILES string of the molecule is COc1ccc(CCC(=O)Nc2ccc3c(c2)OCCCO3)cc1F. The predicted molar refractivity (Wildman–Crippen MR) is 92.0 cm³/mol. The number of fused-ring (bicyclic) bond motifs is 1. The van der Waals surface area contributed by atoms with Crippen molar-refractivity contribution in [2.75, 3.05) is 25.6 Å². The lowest BCUT2D eigenvalue weighted by atomic mass is 10.1. The molecule has 0 radical (unpaired) electrons. The summed E-state index contributed by atoms with van der Waals surface area (Å²) in [5, 5.41) is 2.83. The number of amides is 1. The van der Waals surface area contributed by atoms with Gasteiger partial charge in [0.15, 0.2) is 23.1 Å². The molecule has 6 heteroatoms. The normalized spacial score (nSPS) is 13.0. The maximum Gasteiger partial charge on any atom is 0.224 e. The summed E-state index contributed by atoms with van der Waals surface area (Å²) in [4.78, 5) is 12.1. The first kappa shape index (κ1) is 17.1. The van der Waals surface area contributed by atoms with Gasteiger partial charge in [-0.3, -0.25) is 4.79 Å². The molecule has 1 amide bonds. The number of benzene rings is 2. The van der Waals surface area contributed by atoms with Crippen molar-refractivity contribution in [3.8, 4) is 17.2 Å². The molecule has 0 aromatic heterocycles. The van der Waals surface area contributed by atoms with Crippen LogP contribution in [-0.2, 0) is 11.2 Å². The van der Waals surface area contributed by atoms with E-state index in [0.717, 1.165) is 12.0 Å².